The summed E-state index contributed by atoms with van der Waals surface area (Å²) in [6, 6.07) is 2.80. The molecular weight excluding hydrogens is 292 g/mol. The molecular formula is C14H22N2O6. The molecule has 0 rings (SSSR count). The summed E-state index contributed by atoms with van der Waals surface area (Å²) in [7, 11) is 0. The lowest BCUT2D eigenvalue weighted by Crippen LogP contribution is -2.24. The van der Waals surface area contributed by atoms with Gasteiger partial charge in [-0.15, -0.1) is 0 Å². The largest absolute Gasteiger partial charge is 0.478 e. The van der Waals surface area contributed by atoms with Gasteiger partial charge in [-0.25, -0.2) is 4.79 Å². The Balaban J connectivity index is 0. The molecule has 0 fully saturated rings. The molecule has 0 amide bonds. The minimum atomic E-state index is -1.28. The Labute approximate surface area is 129 Å². The van der Waals surface area contributed by atoms with Crippen LogP contribution in [0.1, 0.15) is 20.8 Å². The van der Waals surface area contributed by atoms with Gasteiger partial charge in [0, 0.05) is 0 Å². The van der Waals surface area contributed by atoms with Gasteiger partial charge >= 0.3 is 5.97 Å². The van der Waals surface area contributed by atoms with E-state index in [4.69, 9.17) is 35.3 Å². The molecule has 3 N–H and O–H groups in total. The topological polar surface area (TPSA) is 144 Å². The number of ether oxygens (including phenoxy) is 2. The van der Waals surface area contributed by atoms with Crippen LogP contribution in [0.3, 0.4) is 0 Å². The molecule has 0 aliphatic rings. The maximum atomic E-state index is 9.75. The van der Waals surface area contributed by atoms with E-state index in [0.717, 1.165) is 0 Å². The van der Waals surface area contributed by atoms with Crippen LogP contribution < -0.4 is 0 Å². The van der Waals surface area contributed by atoms with Gasteiger partial charge in [-0.3, -0.25) is 0 Å². The van der Waals surface area contributed by atoms with Crippen molar-refractivity contribution < 1.29 is 29.6 Å². The van der Waals surface area contributed by atoms with Crippen molar-refractivity contribution in [3.8, 4) is 12.1 Å². The number of carboxylic acids is 1. The highest BCUT2D eigenvalue weighted by atomic mass is 16.5. The Kier molecular flexibility index (Phi) is 14.2. The molecule has 0 radical (unpaired) electrons. The van der Waals surface area contributed by atoms with Crippen LogP contribution in [0.2, 0.25) is 0 Å². The number of aliphatic hydroxyl groups is 2. The van der Waals surface area contributed by atoms with Crippen molar-refractivity contribution in [1.29, 1.82) is 10.5 Å². The van der Waals surface area contributed by atoms with E-state index < -0.39 is 17.6 Å². The molecule has 0 spiro atoms. The normalized spacial score (nSPS) is 13.4. The lowest BCUT2D eigenvalue weighted by Gasteiger charge is -2.16. The minimum Gasteiger partial charge on any atom is -0.478 e. The van der Waals surface area contributed by atoms with Gasteiger partial charge in [0.25, 0.3) is 0 Å². The van der Waals surface area contributed by atoms with Crippen LogP contribution >= 0.6 is 0 Å². The molecule has 124 valence electrons. The molecule has 8 heteroatoms. The standard InChI is InChI=1S/C9H20O4.C5H2N2O2/c1-7(11)5-12-9(3)6-13-8(2)4-10;6-2-4(3-7)1-5(8)9/h7-11H,4-6H2,1-3H3;1H,(H,8,9). The van der Waals surface area contributed by atoms with Crippen molar-refractivity contribution in [3.63, 3.8) is 0 Å². The molecule has 0 saturated carbocycles. The number of aliphatic carboxylic acids is 1. The third kappa shape index (κ3) is 16.1. The fraction of sp³-hybridized carbons (Fsp3) is 0.643. The molecule has 0 heterocycles. The van der Waals surface area contributed by atoms with Crippen LogP contribution in [0.5, 0.6) is 0 Å². The van der Waals surface area contributed by atoms with Crippen LogP contribution in [0.15, 0.2) is 11.6 Å². The third-order valence-corrected chi connectivity index (χ3v) is 2.00. The zero-order valence-corrected chi connectivity index (χ0v) is 12.9. The average molecular weight is 314 g/mol. The van der Waals surface area contributed by atoms with E-state index in [1.165, 1.54) is 12.1 Å². The lowest BCUT2D eigenvalue weighted by molar-refractivity contribution is -0.131. The quantitative estimate of drug-likeness (QED) is 0.426. The summed E-state index contributed by atoms with van der Waals surface area (Å²) in [5, 5.41) is 41.5. The molecule has 0 saturated heterocycles. The summed E-state index contributed by atoms with van der Waals surface area (Å²) in [6.07, 6.45) is -0.0982. The van der Waals surface area contributed by atoms with E-state index >= 15 is 0 Å². The monoisotopic (exact) mass is 314 g/mol. The Hall–Kier alpha value is -1.97. The molecule has 0 aliphatic heterocycles. The van der Waals surface area contributed by atoms with Crippen molar-refractivity contribution in [2.24, 2.45) is 0 Å². The molecule has 8 nitrogen and oxygen atoms in total. The number of nitrogens with zero attached hydrogens (tertiary/aromatic N) is 2. The SMILES string of the molecule is CC(O)COC(C)COC(C)CO.N#CC(C#N)=CC(=O)O. The number of carbonyl (C=O) groups is 1. The van der Waals surface area contributed by atoms with Gasteiger partial charge < -0.3 is 24.8 Å². The van der Waals surface area contributed by atoms with E-state index in [2.05, 4.69) is 0 Å². The number of allylic oxidation sites excluding steroid dienone is 1. The molecule has 0 bridgehead atoms. The van der Waals surface area contributed by atoms with Crippen LogP contribution in [0.25, 0.3) is 0 Å². The first-order chi connectivity index (χ1) is 10.3. The first kappa shape index (κ1) is 22.3. The van der Waals surface area contributed by atoms with Crippen molar-refractivity contribution >= 4 is 5.97 Å². The summed E-state index contributed by atoms with van der Waals surface area (Å²) in [5.41, 5.74) is -0.400. The Morgan fingerprint density at radius 3 is 1.95 bits per heavy atom. The Bertz CT molecular complexity index is 406. The predicted octanol–water partition coefficient (Wildman–Crippen LogP) is 0.214. The Morgan fingerprint density at radius 1 is 1.14 bits per heavy atom. The molecule has 22 heavy (non-hydrogen) atoms. The number of nitriles is 2. The van der Waals surface area contributed by atoms with E-state index in [1.807, 2.05) is 6.92 Å². The third-order valence-electron chi connectivity index (χ3n) is 2.00. The maximum Gasteiger partial charge on any atom is 0.330 e. The number of carboxylic acid groups (broad SMARTS) is 1. The number of hydrogen-bond acceptors (Lipinski definition) is 7. The molecule has 0 aromatic carbocycles. The van der Waals surface area contributed by atoms with Crippen LogP contribution in [-0.2, 0) is 14.3 Å². The zero-order valence-electron chi connectivity index (χ0n) is 12.9. The highest BCUT2D eigenvalue weighted by Gasteiger charge is 2.07. The van der Waals surface area contributed by atoms with Crippen molar-refractivity contribution in [1.82, 2.24) is 0 Å². The molecule has 3 atom stereocenters. The highest BCUT2D eigenvalue weighted by molar-refractivity contribution is 5.82. The fourth-order valence-electron chi connectivity index (χ4n) is 0.917. The Morgan fingerprint density at radius 2 is 1.64 bits per heavy atom. The first-order valence-electron chi connectivity index (χ1n) is 6.53. The smallest absolute Gasteiger partial charge is 0.330 e. The van der Waals surface area contributed by atoms with Gasteiger partial charge in [0.05, 0.1) is 44.2 Å². The second-order valence-electron chi connectivity index (χ2n) is 4.44. The summed E-state index contributed by atoms with van der Waals surface area (Å²) in [6.45, 7) is 6.10. The molecule has 3 unspecified atom stereocenters. The van der Waals surface area contributed by atoms with E-state index in [9.17, 15) is 4.79 Å². The number of rotatable bonds is 8. The van der Waals surface area contributed by atoms with E-state index in [0.29, 0.717) is 19.3 Å². The van der Waals surface area contributed by atoms with Gasteiger partial charge in [0.2, 0.25) is 0 Å². The summed E-state index contributed by atoms with van der Waals surface area (Å²) in [5.74, 6) is -1.28. The second-order valence-corrected chi connectivity index (χ2v) is 4.44. The van der Waals surface area contributed by atoms with Gasteiger partial charge in [-0.05, 0) is 20.8 Å². The van der Waals surface area contributed by atoms with Crippen molar-refractivity contribution in [2.75, 3.05) is 19.8 Å². The molecule has 0 aromatic heterocycles. The predicted molar refractivity (Wildman–Crippen MR) is 76.5 cm³/mol. The van der Waals surface area contributed by atoms with Gasteiger partial charge in [-0.1, -0.05) is 0 Å². The van der Waals surface area contributed by atoms with E-state index in [1.54, 1.807) is 13.8 Å². The van der Waals surface area contributed by atoms with Crippen molar-refractivity contribution in [3.05, 3.63) is 11.6 Å². The van der Waals surface area contributed by atoms with E-state index in [-0.39, 0.29) is 18.8 Å². The number of hydrogen-bond donors (Lipinski definition) is 3. The minimum absolute atomic E-state index is 0.0170. The summed E-state index contributed by atoms with van der Waals surface area (Å²) >= 11 is 0. The van der Waals surface area contributed by atoms with Gasteiger partial charge in [0.1, 0.15) is 17.7 Å². The van der Waals surface area contributed by atoms with Crippen LogP contribution in [0.4, 0.5) is 0 Å². The van der Waals surface area contributed by atoms with Gasteiger partial charge in [0.15, 0.2) is 0 Å². The zero-order chi connectivity index (χ0) is 17.5. The molecule has 0 aliphatic carbocycles. The average Bonchev–Trinajstić information content (AvgIpc) is 2.48. The number of aliphatic hydroxyl groups excluding tert-OH is 2. The van der Waals surface area contributed by atoms with Crippen LogP contribution in [-0.4, -0.2) is 59.4 Å². The highest BCUT2D eigenvalue weighted by Crippen LogP contribution is 1.97. The van der Waals surface area contributed by atoms with Crippen LogP contribution in [0, 0.1) is 22.7 Å². The first-order valence-corrected chi connectivity index (χ1v) is 6.53. The molecule has 0 aromatic rings. The fourth-order valence-corrected chi connectivity index (χ4v) is 0.917. The van der Waals surface area contributed by atoms with Gasteiger partial charge in [-0.2, -0.15) is 10.5 Å². The second kappa shape index (κ2) is 14.0. The summed E-state index contributed by atoms with van der Waals surface area (Å²) in [4.78, 5) is 9.75. The summed E-state index contributed by atoms with van der Waals surface area (Å²) < 4.78 is 10.5. The lowest BCUT2D eigenvalue weighted by atomic mass is 10.3. The van der Waals surface area contributed by atoms with Crippen molar-refractivity contribution in [2.45, 2.75) is 39.1 Å². The maximum absolute atomic E-state index is 9.75.